The number of rotatable bonds is 6. The first-order chi connectivity index (χ1) is 14.5. The molecule has 4 rings (SSSR count). The highest BCUT2D eigenvalue weighted by atomic mass is 16.5. The van der Waals surface area contributed by atoms with Crippen LogP contribution in [-0.2, 0) is 23.1 Å². The molecule has 3 heterocycles. The summed E-state index contributed by atoms with van der Waals surface area (Å²) in [4.78, 5) is 30.8. The van der Waals surface area contributed by atoms with E-state index >= 15 is 0 Å². The fourth-order valence-electron chi connectivity index (χ4n) is 3.90. The van der Waals surface area contributed by atoms with Crippen molar-refractivity contribution in [3.8, 4) is 0 Å². The maximum absolute atomic E-state index is 12.5. The summed E-state index contributed by atoms with van der Waals surface area (Å²) in [5.41, 5.74) is 4.43. The number of ether oxygens (including phenoxy) is 1. The number of nitrogens with one attached hydrogen (secondary N) is 1. The predicted molar refractivity (Wildman–Crippen MR) is 115 cm³/mol. The Bertz CT molecular complexity index is 1120. The van der Waals surface area contributed by atoms with E-state index in [4.69, 9.17) is 4.74 Å². The van der Waals surface area contributed by atoms with E-state index in [2.05, 4.69) is 15.4 Å². The zero-order valence-corrected chi connectivity index (χ0v) is 17.4. The van der Waals surface area contributed by atoms with Crippen molar-refractivity contribution in [1.82, 2.24) is 14.8 Å². The zero-order chi connectivity index (χ0) is 21.3. The summed E-state index contributed by atoms with van der Waals surface area (Å²) >= 11 is 0. The first kappa shape index (κ1) is 19.9. The molecule has 8 nitrogen and oxygen atoms in total. The molecule has 0 spiro atoms. The number of hydrogen-bond acceptors (Lipinski definition) is 6. The first-order valence-electron chi connectivity index (χ1n) is 10.1. The Balaban J connectivity index is 1.67. The molecule has 1 saturated heterocycles. The van der Waals surface area contributed by atoms with Crippen LogP contribution in [-0.4, -0.2) is 39.8 Å². The lowest BCUT2D eigenvalue weighted by Crippen LogP contribution is -2.23. The number of pyridine rings is 1. The van der Waals surface area contributed by atoms with E-state index in [-0.39, 0.29) is 12.5 Å². The molecule has 1 N–H and O–H groups in total. The second-order valence-electron chi connectivity index (χ2n) is 7.35. The third-order valence-corrected chi connectivity index (χ3v) is 5.29. The van der Waals surface area contributed by atoms with Gasteiger partial charge in [-0.1, -0.05) is 12.1 Å². The summed E-state index contributed by atoms with van der Waals surface area (Å²) in [5.74, 6) is -0.263. The van der Waals surface area contributed by atoms with Gasteiger partial charge in [0, 0.05) is 38.4 Å². The number of esters is 1. The van der Waals surface area contributed by atoms with E-state index in [1.807, 2.05) is 43.1 Å². The quantitative estimate of drug-likeness (QED) is 0.631. The molecule has 0 atom stereocenters. The largest absolute Gasteiger partial charge is 0.462 e. The number of aromatic nitrogens is 3. The maximum Gasteiger partial charge on any atom is 0.341 e. The first-order valence-corrected chi connectivity index (χ1v) is 10.1. The molecule has 0 aliphatic carbocycles. The van der Waals surface area contributed by atoms with Crippen molar-refractivity contribution in [1.29, 1.82) is 0 Å². The number of carbonyl (C=O) groups is 2. The Morgan fingerprint density at radius 1 is 1.33 bits per heavy atom. The molecule has 156 valence electrons. The summed E-state index contributed by atoms with van der Waals surface area (Å²) < 4.78 is 6.92. The van der Waals surface area contributed by atoms with Crippen LogP contribution in [0.5, 0.6) is 0 Å². The molecule has 0 saturated carbocycles. The van der Waals surface area contributed by atoms with Crippen LogP contribution in [0.25, 0.3) is 11.0 Å². The lowest BCUT2D eigenvalue weighted by atomic mass is 10.1. The van der Waals surface area contributed by atoms with Gasteiger partial charge in [-0.05, 0) is 38.0 Å². The van der Waals surface area contributed by atoms with Crippen LogP contribution in [0.2, 0.25) is 0 Å². The number of nitrogens with zero attached hydrogens (tertiary/aromatic N) is 4. The standard InChI is InChI=1S/C22H25N5O3/c1-4-30-22(29)17-13-24-21-19(14(2)25-26(21)3)20(17)23-12-15-7-5-8-16(11-15)27-10-6-9-18(27)28/h5,7-8,11,13H,4,6,9-10,12H2,1-3H3,(H,23,24). The number of amides is 1. The maximum atomic E-state index is 12.5. The summed E-state index contributed by atoms with van der Waals surface area (Å²) in [6.07, 6.45) is 3.02. The molecule has 1 aliphatic heterocycles. The van der Waals surface area contributed by atoms with Gasteiger partial charge in [0.05, 0.1) is 23.4 Å². The number of hydrogen-bond donors (Lipinski definition) is 1. The Morgan fingerprint density at radius 2 is 2.17 bits per heavy atom. The third kappa shape index (κ3) is 3.60. The Kier molecular flexibility index (Phi) is 5.39. The Hall–Kier alpha value is -3.42. The van der Waals surface area contributed by atoms with Crippen LogP contribution in [0.3, 0.4) is 0 Å². The number of anilines is 2. The molecule has 1 aliphatic rings. The number of fused-ring (bicyclic) bond motifs is 1. The smallest absolute Gasteiger partial charge is 0.341 e. The lowest BCUT2D eigenvalue weighted by molar-refractivity contribution is -0.117. The predicted octanol–water partition coefficient (Wildman–Crippen LogP) is 3.19. The van der Waals surface area contributed by atoms with Crippen LogP contribution < -0.4 is 10.2 Å². The Labute approximate surface area is 174 Å². The van der Waals surface area contributed by atoms with E-state index in [1.165, 1.54) is 6.20 Å². The second kappa shape index (κ2) is 8.14. The van der Waals surface area contributed by atoms with Gasteiger partial charge in [-0.15, -0.1) is 0 Å². The summed E-state index contributed by atoms with van der Waals surface area (Å²) in [5, 5.41) is 8.64. The van der Waals surface area contributed by atoms with E-state index in [0.717, 1.165) is 35.3 Å². The molecule has 1 aromatic carbocycles. The molecule has 30 heavy (non-hydrogen) atoms. The van der Waals surface area contributed by atoms with Crippen LogP contribution in [0.1, 0.15) is 41.4 Å². The monoisotopic (exact) mass is 407 g/mol. The van der Waals surface area contributed by atoms with Gasteiger partial charge in [-0.3, -0.25) is 9.48 Å². The summed E-state index contributed by atoms with van der Waals surface area (Å²) in [6, 6.07) is 7.90. The fourth-order valence-corrected chi connectivity index (χ4v) is 3.90. The lowest BCUT2D eigenvalue weighted by Gasteiger charge is -2.17. The zero-order valence-electron chi connectivity index (χ0n) is 17.4. The molecule has 2 aromatic heterocycles. The van der Waals surface area contributed by atoms with E-state index in [1.54, 1.807) is 11.6 Å². The molecule has 0 unspecified atom stereocenters. The molecular weight excluding hydrogens is 382 g/mol. The van der Waals surface area contributed by atoms with Gasteiger partial charge in [0.25, 0.3) is 0 Å². The highest BCUT2D eigenvalue weighted by Crippen LogP contribution is 2.30. The molecule has 3 aromatic rings. The number of aryl methyl sites for hydroxylation is 2. The average molecular weight is 407 g/mol. The van der Waals surface area contributed by atoms with Gasteiger partial charge < -0.3 is 15.0 Å². The number of carbonyl (C=O) groups excluding carboxylic acids is 2. The van der Waals surface area contributed by atoms with E-state index in [9.17, 15) is 9.59 Å². The molecule has 1 fully saturated rings. The SMILES string of the molecule is CCOC(=O)c1cnc2c(c(C)nn2C)c1NCc1cccc(N2CCCC2=O)c1. The molecule has 0 bridgehead atoms. The van der Waals surface area contributed by atoms with Crippen molar-refractivity contribution >= 4 is 34.3 Å². The van der Waals surface area contributed by atoms with Crippen molar-refractivity contribution in [2.24, 2.45) is 7.05 Å². The highest BCUT2D eigenvalue weighted by molar-refractivity contribution is 6.05. The minimum Gasteiger partial charge on any atom is -0.462 e. The van der Waals surface area contributed by atoms with E-state index in [0.29, 0.717) is 29.9 Å². The fraction of sp³-hybridized carbons (Fsp3) is 0.364. The number of benzene rings is 1. The van der Waals surface area contributed by atoms with Gasteiger partial charge in [-0.25, -0.2) is 9.78 Å². The van der Waals surface area contributed by atoms with Crippen LogP contribution in [0.15, 0.2) is 30.5 Å². The van der Waals surface area contributed by atoms with Crippen LogP contribution in [0, 0.1) is 6.92 Å². The van der Waals surface area contributed by atoms with Crippen molar-refractivity contribution in [2.75, 3.05) is 23.4 Å². The molecular formula is C22H25N5O3. The minimum absolute atomic E-state index is 0.159. The van der Waals surface area contributed by atoms with E-state index < -0.39 is 5.97 Å². The normalized spacial score (nSPS) is 13.8. The molecule has 8 heteroatoms. The van der Waals surface area contributed by atoms with Crippen molar-refractivity contribution in [3.63, 3.8) is 0 Å². The third-order valence-electron chi connectivity index (χ3n) is 5.29. The minimum atomic E-state index is -0.422. The molecule has 1 amide bonds. The Morgan fingerprint density at radius 3 is 2.90 bits per heavy atom. The highest BCUT2D eigenvalue weighted by Gasteiger charge is 2.23. The van der Waals surface area contributed by atoms with Crippen molar-refractivity contribution < 1.29 is 14.3 Å². The van der Waals surface area contributed by atoms with Crippen molar-refractivity contribution in [2.45, 2.75) is 33.2 Å². The van der Waals surface area contributed by atoms with Crippen LogP contribution in [0.4, 0.5) is 11.4 Å². The van der Waals surface area contributed by atoms with Gasteiger partial charge >= 0.3 is 5.97 Å². The van der Waals surface area contributed by atoms with Gasteiger partial charge in [0.15, 0.2) is 5.65 Å². The second-order valence-corrected chi connectivity index (χ2v) is 7.35. The van der Waals surface area contributed by atoms with Crippen LogP contribution >= 0.6 is 0 Å². The van der Waals surface area contributed by atoms with Gasteiger partial charge in [0.2, 0.25) is 5.91 Å². The average Bonchev–Trinajstić information content (AvgIpc) is 3.29. The van der Waals surface area contributed by atoms with Gasteiger partial charge in [-0.2, -0.15) is 5.10 Å². The van der Waals surface area contributed by atoms with Gasteiger partial charge in [0.1, 0.15) is 5.56 Å². The topological polar surface area (TPSA) is 89.3 Å². The van der Waals surface area contributed by atoms with Crippen molar-refractivity contribution in [3.05, 3.63) is 47.3 Å². The summed E-state index contributed by atoms with van der Waals surface area (Å²) in [7, 11) is 1.83. The molecule has 0 radical (unpaired) electrons. The summed E-state index contributed by atoms with van der Waals surface area (Å²) in [6.45, 7) is 5.19.